The molecule has 146 valence electrons. The summed E-state index contributed by atoms with van der Waals surface area (Å²) >= 11 is 0. The molecule has 0 aliphatic rings. The summed E-state index contributed by atoms with van der Waals surface area (Å²) in [4.78, 5) is 31.6. The summed E-state index contributed by atoms with van der Waals surface area (Å²) in [6.07, 6.45) is -0.471. The van der Waals surface area contributed by atoms with Crippen LogP contribution in [0.5, 0.6) is 5.75 Å². The summed E-state index contributed by atoms with van der Waals surface area (Å²) < 4.78 is 6.92. The lowest BCUT2D eigenvalue weighted by molar-refractivity contribution is 0.157. The highest BCUT2D eigenvalue weighted by molar-refractivity contribution is 5.81. The van der Waals surface area contributed by atoms with E-state index in [4.69, 9.17) is 4.74 Å². The van der Waals surface area contributed by atoms with Crippen molar-refractivity contribution in [3.8, 4) is 17.0 Å². The Bertz CT molecular complexity index is 1250. The van der Waals surface area contributed by atoms with E-state index >= 15 is 0 Å². The average Bonchev–Trinajstić information content (AvgIpc) is 2.75. The highest BCUT2D eigenvalue weighted by atomic mass is 16.6. The van der Waals surface area contributed by atoms with Crippen molar-refractivity contribution in [2.24, 2.45) is 0 Å². The molecule has 0 spiro atoms. The van der Waals surface area contributed by atoms with Gasteiger partial charge in [-0.3, -0.25) is 4.79 Å². The summed E-state index contributed by atoms with van der Waals surface area (Å²) in [5, 5.41) is 4.98. The van der Waals surface area contributed by atoms with Crippen LogP contribution in [0.2, 0.25) is 0 Å². The van der Waals surface area contributed by atoms with E-state index in [-0.39, 0.29) is 11.3 Å². The van der Waals surface area contributed by atoms with Crippen LogP contribution in [0.3, 0.4) is 0 Å². The number of fused-ring (bicyclic) bond motifs is 2. The van der Waals surface area contributed by atoms with Gasteiger partial charge in [0.2, 0.25) is 0 Å². The fourth-order valence-corrected chi connectivity index (χ4v) is 3.18. The number of amides is 1. The average molecular weight is 388 g/mol. The lowest BCUT2D eigenvalue weighted by atomic mass is 10.1. The maximum absolute atomic E-state index is 13.0. The van der Waals surface area contributed by atoms with Crippen LogP contribution in [0, 0.1) is 0 Å². The van der Waals surface area contributed by atoms with Gasteiger partial charge in [0.05, 0.1) is 10.9 Å². The number of carbonyl (C=O) groups is 1. The second-order valence-electron chi connectivity index (χ2n) is 6.47. The van der Waals surface area contributed by atoms with Crippen LogP contribution < -0.4 is 10.3 Å². The predicted octanol–water partition coefficient (Wildman–Crippen LogP) is 3.75. The van der Waals surface area contributed by atoms with E-state index < -0.39 is 6.09 Å². The highest BCUT2D eigenvalue weighted by Crippen LogP contribution is 2.29. The number of aromatic nitrogens is 3. The van der Waals surface area contributed by atoms with E-state index in [0.29, 0.717) is 35.3 Å². The normalized spacial score (nSPS) is 11.0. The van der Waals surface area contributed by atoms with E-state index in [2.05, 4.69) is 10.1 Å². The molecule has 0 unspecified atom stereocenters. The Balaban J connectivity index is 1.95. The van der Waals surface area contributed by atoms with E-state index in [9.17, 15) is 9.59 Å². The van der Waals surface area contributed by atoms with Crippen LogP contribution in [0.25, 0.3) is 27.8 Å². The van der Waals surface area contributed by atoms with Crippen molar-refractivity contribution in [3.05, 3.63) is 71.0 Å². The molecule has 0 saturated carbocycles. The Morgan fingerprint density at radius 3 is 2.45 bits per heavy atom. The molecule has 0 atom stereocenters. The van der Waals surface area contributed by atoms with Crippen LogP contribution in [-0.4, -0.2) is 38.7 Å². The number of ether oxygens (including phenoxy) is 1. The third kappa shape index (κ3) is 3.42. The van der Waals surface area contributed by atoms with Gasteiger partial charge in [-0.25, -0.2) is 9.78 Å². The van der Waals surface area contributed by atoms with Crippen molar-refractivity contribution < 1.29 is 9.53 Å². The monoisotopic (exact) mass is 388 g/mol. The van der Waals surface area contributed by atoms with E-state index in [1.54, 1.807) is 29.2 Å². The number of nitrogens with zero attached hydrogens (tertiary/aromatic N) is 4. The van der Waals surface area contributed by atoms with Crippen molar-refractivity contribution in [1.29, 1.82) is 0 Å². The zero-order valence-corrected chi connectivity index (χ0v) is 16.2. The van der Waals surface area contributed by atoms with Crippen LogP contribution in [-0.2, 0) is 0 Å². The number of benzene rings is 2. The van der Waals surface area contributed by atoms with Crippen molar-refractivity contribution >= 4 is 22.6 Å². The fraction of sp³-hybridized carbons (Fsp3) is 0.182. The maximum atomic E-state index is 13.0. The van der Waals surface area contributed by atoms with Crippen molar-refractivity contribution in [3.63, 3.8) is 0 Å². The van der Waals surface area contributed by atoms with Gasteiger partial charge in [-0.05, 0) is 26.0 Å². The number of hydrogen-bond donors (Lipinski definition) is 0. The van der Waals surface area contributed by atoms with Gasteiger partial charge in [0.15, 0.2) is 11.4 Å². The van der Waals surface area contributed by atoms with Crippen LogP contribution in [0.4, 0.5) is 4.79 Å². The third-order valence-electron chi connectivity index (χ3n) is 4.74. The lowest BCUT2D eigenvalue weighted by Gasteiger charge is -2.19. The number of para-hydroxylation sites is 1. The Morgan fingerprint density at radius 2 is 1.72 bits per heavy atom. The summed E-state index contributed by atoms with van der Waals surface area (Å²) in [7, 11) is 0. The van der Waals surface area contributed by atoms with Gasteiger partial charge in [0, 0.05) is 24.7 Å². The van der Waals surface area contributed by atoms with Gasteiger partial charge < -0.3 is 9.64 Å². The molecule has 2 heterocycles. The second kappa shape index (κ2) is 7.71. The maximum Gasteiger partial charge on any atom is 0.415 e. The Kier molecular flexibility index (Phi) is 4.95. The number of rotatable bonds is 4. The highest BCUT2D eigenvalue weighted by Gasteiger charge is 2.19. The Morgan fingerprint density at radius 1 is 1.03 bits per heavy atom. The minimum Gasteiger partial charge on any atom is -0.408 e. The molecular formula is C22H20N4O3. The molecule has 0 fully saturated rings. The van der Waals surface area contributed by atoms with E-state index in [1.165, 1.54) is 4.52 Å². The zero-order valence-electron chi connectivity index (χ0n) is 16.2. The standard InChI is InChI=1S/C22H20N4O3/c1-3-25(4-2)22(28)29-18-14-19-23-17-13-9-8-12-16(17)21(27)26(19)24-20(18)15-10-6-5-7-11-15/h5-14H,3-4H2,1-2H3. The molecule has 0 aliphatic carbocycles. The molecule has 4 rings (SSSR count). The van der Waals surface area contributed by atoms with Crippen molar-refractivity contribution in [2.45, 2.75) is 13.8 Å². The molecule has 7 heteroatoms. The van der Waals surface area contributed by atoms with Crippen molar-refractivity contribution in [1.82, 2.24) is 19.5 Å². The molecule has 29 heavy (non-hydrogen) atoms. The van der Waals surface area contributed by atoms with Gasteiger partial charge in [-0.1, -0.05) is 42.5 Å². The zero-order chi connectivity index (χ0) is 20.4. The molecule has 0 N–H and O–H groups in total. The van der Waals surface area contributed by atoms with Gasteiger partial charge in [-0.15, -0.1) is 0 Å². The topological polar surface area (TPSA) is 76.8 Å². The second-order valence-corrected chi connectivity index (χ2v) is 6.47. The first kappa shape index (κ1) is 18.6. The van der Waals surface area contributed by atoms with Crippen molar-refractivity contribution in [2.75, 3.05) is 13.1 Å². The first-order valence-corrected chi connectivity index (χ1v) is 9.47. The molecule has 0 aliphatic heterocycles. The molecule has 4 aromatic rings. The van der Waals surface area contributed by atoms with E-state index in [1.807, 2.05) is 50.2 Å². The lowest BCUT2D eigenvalue weighted by Crippen LogP contribution is -2.33. The number of carbonyl (C=O) groups excluding carboxylic acids is 1. The van der Waals surface area contributed by atoms with Crippen LogP contribution in [0.1, 0.15) is 13.8 Å². The molecule has 2 aromatic carbocycles. The smallest absolute Gasteiger partial charge is 0.408 e. The quantitative estimate of drug-likeness (QED) is 0.498. The minimum atomic E-state index is -0.471. The summed E-state index contributed by atoms with van der Waals surface area (Å²) in [6, 6.07) is 18.0. The minimum absolute atomic E-state index is 0.260. The molecule has 0 bridgehead atoms. The Hall–Kier alpha value is -3.74. The van der Waals surface area contributed by atoms with Crippen LogP contribution >= 0.6 is 0 Å². The molecule has 7 nitrogen and oxygen atoms in total. The first-order chi connectivity index (χ1) is 14.1. The fourth-order valence-electron chi connectivity index (χ4n) is 3.18. The Labute approximate surface area is 167 Å². The SMILES string of the molecule is CCN(CC)C(=O)Oc1cc2nc3ccccc3c(=O)n2nc1-c1ccccc1. The van der Waals surface area contributed by atoms with Gasteiger partial charge in [0.25, 0.3) is 5.56 Å². The summed E-state index contributed by atoms with van der Waals surface area (Å²) in [6.45, 7) is 4.82. The van der Waals surface area contributed by atoms with E-state index in [0.717, 1.165) is 5.56 Å². The summed E-state index contributed by atoms with van der Waals surface area (Å²) in [5.41, 5.74) is 1.74. The van der Waals surface area contributed by atoms with Gasteiger partial charge >= 0.3 is 6.09 Å². The van der Waals surface area contributed by atoms with Crippen LogP contribution in [0.15, 0.2) is 65.5 Å². The third-order valence-corrected chi connectivity index (χ3v) is 4.74. The molecule has 1 amide bonds. The first-order valence-electron chi connectivity index (χ1n) is 9.47. The molecular weight excluding hydrogens is 368 g/mol. The molecule has 0 radical (unpaired) electrons. The molecule has 0 saturated heterocycles. The predicted molar refractivity (Wildman–Crippen MR) is 111 cm³/mol. The largest absolute Gasteiger partial charge is 0.415 e. The van der Waals surface area contributed by atoms with Gasteiger partial charge in [-0.2, -0.15) is 9.61 Å². The van der Waals surface area contributed by atoms with Gasteiger partial charge in [0.1, 0.15) is 5.69 Å². The molecule has 2 aromatic heterocycles. The number of hydrogen-bond acceptors (Lipinski definition) is 5. The summed E-state index contributed by atoms with van der Waals surface area (Å²) in [5.74, 6) is 0.260.